The summed E-state index contributed by atoms with van der Waals surface area (Å²) in [6, 6.07) is 0.113. The van der Waals surface area contributed by atoms with E-state index in [0.717, 1.165) is 11.4 Å². The minimum atomic E-state index is -0.709. The van der Waals surface area contributed by atoms with Crippen LogP contribution in [-0.2, 0) is 4.79 Å². The molecule has 0 saturated heterocycles. The van der Waals surface area contributed by atoms with Crippen molar-refractivity contribution in [1.82, 2.24) is 15.1 Å². The van der Waals surface area contributed by atoms with Crippen molar-refractivity contribution < 1.29 is 4.79 Å². The fraction of sp³-hybridized carbons (Fsp3) is 0.692. The molecule has 1 heterocycles. The normalized spacial score (nSPS) is 16.3. The lowest BCUT2D eigenvalue weighted by molar-refractivity contribution is -0.124. The molecule has 3 N–H and O–H groups in total. The Morgan fingerprint density at radius 3 is 2.39 bits per heavy atom. The van der Waals surface area contributed by atoms with Gasteiger partial charge in [-0.15, -0.1) is 0 Å². The number of carbonyl (C=O) groups excluding carboxylic acids is 1. The number of aromatic nitrogens is 2. The standard InChI is InChI=1S/C13H24N4O/c1-8(7-13(5,15-6)12(14)18)17-11(4)9(2)10(3)16-17/h8,15H,7H2,1-6H3,(H2,14,18). The minimum Gasteiger partial charge on any atom is -0.368 e. The highest BCUT2D eigenvalue weighted by molar-refractivity contribution is 5.84. The van der Waals surface area contributed by atoms with E-state index in [2.05, 4.69) is 24.3 Å². The molecule has 0 bridgehead atoms. The van der Waals surface area contributed by atoms with Crippen LogP contribution in [0.2, 0.25) is 0 Å². The van der Waals surface area contributed by atoms with Gasteiger partial charge in [-0.3, -0.25) is 9.48 Å². The monoisotopic (exact) mass is 252 g/mol. The second-order valence-corrected chi connectivity index (χ2v) is 5.24. The molecule has 0 fully saturated rings. The van der Waals surface area contributed by atoms with Gasteiger partial charge in [0.1, 0.15) is 0 Å². The maximum Gasteiger partial charge on any atom is 0.237 e. The van der Waals surface area contributed by atoms with Crippen LogP contribution < -0.4 is 11.1 Å². The Bertz CT molecular complexity index is 452. The van der Waals surface area contributed by atoms with Gasteiger partial charge in [-0.1, -0.05) is 0 Å². The highest BCUT2D eigenvalue weighted by Gasteiger charge is 2.32. The maximum atomic E-state index is 11.5. The summed E-state index contributed by atoms with van der Waals surface area (Å²) in [4.78, 5) is 11.5. The highest BCUT2D eigenvalue weighted by atomic mass is 16.1. The van der Waals surface area contributed by atoms with Gasteiger partial charge in [0.25, 0.3) is 0 Å². The van der Waals surface area contributed by atoms with Crippen molar-refractivity contribution in [1.29, 1.82) is 0 Å². The van der Waals surface area contributed by atoms with Crippen molar-refractivity contribution >= 4 is 5.91 Å². The number of carbonyl (C=O) groups is 1. The Kier molecular flexibility index (Phi) is 4.16. The molecule has 5 nitrogen and oxygen atoms in total. The number of nitrogens with zero attached hydrogens (tertiary/aromatic N) is 2. The first-order valence-electron chi connectivity index (χ1n) is 6.24. The van der Waals surface area contributed by atoms with E-state index in [1.807, 2.05) is 25.5 Å². The second-order valence-electron chi connectivity index (χ2n) is 5.24. The van der Waals surface area contributed by atoms with Crippen LogP contribution in [0.3, 0.4) is 0 Å². The highest BCUT2D eigenvalue weighted by Crippen LogP contribution is 2.23. The van der Waals surface area contributed by atoms with Crippen LogP contribution in [0.15, 0.2) is 0 Å². The quantitative estimate of drug-likeness (QED) is 0.827. The average Bonchev–Trinajstić information content (AvgIpc) is 2.56. The minimum absolute atomic E-state index is 0.113. The first kappa shape index (κ1) is 14.7. The molecule has 0 aliphatic rings. The van der Waals surface area contributed by atoms with Crippen molar-refractivity contribution in [3.8, 4) is 0 Å². The fourth-order valence-corrected chi connectivity index (χ4v) is 2.18. The van der Waals surface area contributed by atoms with Crippen LogP contribution in [0, 0.1) is 20.8 Å². The molecule has 102 valence electrons. The molecule has 2 unspecified atom stereocenters. The lowest BCUT2D eigenvalue weighted by Crippen LogP contribution is -2.52. The molecule has 5 heteroatoms. The number of aryl methyl sites for hydroxylation is 1. The second kappa shape index (κ2) is 5.10. The SMILES string of the molecule is CNC(C)(CC(C)n1nc(C)c(C)c1C)C(N)=O. The molecular weight excluding hydrogens is 228 g/mol. The number of nitrogens with one attached hydrogen (secondary N) is 1. The third-order valence-corrected chi connectivity index (χ3v) is 3.90. The van der Waals surface area contributed by atoms with Gasteiger partial charge in [-0.2, -0.15) is 5.10 Å². The van der Waals surface area contributed by atoms with Crippen LogP contribution >= 0.6 is 0 Å². The number of hydrogen-bond donors (Lipinski definition) is 2. The summed E-state index contributed by atoms with van der Waals surface area (Å²) >= 11 is 0. The van der Waals surface area contributed by atoms with E-state index in [-0.39, 0.29) is 11.9 Å². The molecule has 0 radical (unpaired) electrons. The van der Waals surface area contributed by atoms with E-state index >= 15 is 0 Å². The summed E-state index contributed by atoms with van der Waals surface area (Å²) < 4.78 is 1.98. The van der Waals surface area contributed by atoms with Crippen LogP contribution in [0.25, 0.3) is 0 Å². The number of likely N-dealkylation sites (N-methyl/N-ethyl adjacent to an activating group) is 1. The van der Waals surface area contributed by atoms with Gasteiger partial charge in [0.05, 0.1) is 17.3 Å². The summed E-state index contributed by atoms with van der Waals surface area (Å²) in [5, 5.41) is 7.53. The third kappa shape index (κ3) is 2.56. The third-order valence-electron chi connectivity index (χ3n) is 3.90. The Morgan fingerprint density at radius 2 is 2.06 bits per heavy atom. The molecule has 0 aliphatic heterocycles. The molecule has 2 atom stereocenters. The largest absolute Gasteiger partial charge is 0.368 e. The van der Waals surface area contributed by atoms with Gasteiger partial charge >= 0.3 is 0 Å². The van der Waals surface area contributed by atoms with Gasteiger partial charge in [0.2, 0.25) is 5.91 Å². The topological polar surface area (TPSA) is 72.9 Å². The van der Waals surface area contributed by atoms with Gasteiger partial charge in [0.15, 0.2) is 0 Å². The average molecular weight is 252 g/mol. The van der Waals surface area contributed by atoms with E-state index in [1.165, 1.54) is 5.56 Å². The molecule has 0 spiro atoms. The number of primary amides is 1. The first-order valence-corrected chi connectivity index (χ1v) is 6.24. The molecule has 18 heavy (non-hydrogen) atoms. The van der Waals surface area contributed by atoms with Crippen LogP contribution in [0.4, 0.5) is 0 Å². The van der Waals surface area contributed by atoms with Gasteiger partial charge in [-0.05, 0) is 53.7 Å². The van der Waals surface area contributed by atoms with E-state index in [0.29, 0.717) is 6.42 Å². The molecule has 0 aromatic carbocycles. The van der Waals surface area contributed by atoms with Crippen molar-refractivity contribution in [2.24, 2.45) is 5.73 Å². The molecule has 0 aliphatic carbocycles. The zero-order valence-corrected chi connectivity index (χ0v) is 12.2. The van der Waals surface area contributed by atoms with Gasteiger partial charge in [-0.25, -0.2) is 0 Å². The molecule has 1 aromatic rings. The van der Waals surface area contributed by atoms with Crippen molar-refractivity contribution in [2.75, 3.05) is 7.05 Å². The van der Waals surface area contributed by atoms with Crippen LogP contribution in [0.5, 0.6) is 0 Å². The van der Waals surface area contributed by atoms with E-state index in [1.54, 1.807) is 7.05 Å². The molecule has 1 aromatic heterocycles. The predicted octanol–water partition coefficient (Wildman–Crippen LogP) is 1.22. The predicted molar refractivity (Wildman–Crippen MR) is 72.4 cm³/mol. The molecule has 1 amide bonds. The Balaban J connectivity index is 2.98. The van der Waals surface area contributed by atoms with Crippen LogP contribution in [0.1, 0.15) is 43.3 Å². The van der Waals surface area contributed by atoms with Crippen LogP contribution in [-0.4, -0.2) is 28.3 Å². The number of rotatable bonds is 5. The lowest BCUT2D eigenvalue weighted by Gasteiger charge is -2.29. The van der Waals surface area contributed by atoms with E-state index in [4.69, 9.17) is 5.73 Å². The molecular formula is C13H24N4O. The number of nitrogens with two attached hydrogens (primary N) is 1. The van der Waals surface area contributed by atoms with Crippen molar-refractivity contribution in [3.05, 3.63) is 17.0 Å². The van der Waals surface area contributed by atoms with Crippen molar-refractivity contribution in [3.63, 3.8) is 0 Å². The summed E-state index contributed by atoms with van der Waals surface area (Å²) in [6.07, 6.45) is 0.611. The number of hydrogen-bond acceptors (Lipinski definition) is 3. The summed E-state index contributed by atoms with van der Waals surface area (Å²) in [5.74, 6) is -0.338. The lowest BCUT2D eigenvalue weighted by atomic mass is 9.93. The van der Waals surface area contributed by atoms with E-state index < -0.39 is 5.54 Å². The van der Waals surface area contributed by atoms with Gasteiger partial charge in [0, 0.05) is 5.69 Å². The van der Waals surface area contributed by atoms with E-state index in [9.17, 15) is 4.79 Å². The Labute approximate surface area is 109 Å². The Hall–Kier alpha value is -1.36. The maximum absolute atomic E-state index is 11.5. The smallest absolute Gasteiger partial charge is 0.237 e. The zero-order chi connectivity index (χ0) is 14.1. The fourth-order valence-electron chi connectivity index (χ4n) is 2.18. The summed E-state index contributed by atoms with van der Waals surface area (Å²) in [7, 11) is 1.75. The first-order chi connectivity index (χ1) is 8.23. The number of amides is 1. The summed E-state index contributed by atoms with van der Waals surface area (Å²) in [5.41, 5.74) is 8.12. The Morgan fingerprint density at radius 1 is 1.50 bits per heavy atom. The van der Waals surface area contributed by atoms with Gasteiger partial charge < -0.3 is 11.1 Å². The molecule has 0 saturated carbocycles. The zero-order valence-electron chi connectivity index (χ0n) is 12.2. The van der Waals surface area contributed by atoms with Crippen molar-refractivity contribution in [2.45, 2.75) is 52.6 Å². The summed E-state index contributed by atoms with van der Waals surface area (Å²) in [6.45, 7) is 9.98. The molecule has 1 rings (SSSR count).